The number of benzene rings is 1. The van der Waals surface area contributed by atoms with Crippen LogP contribution < -0.4 is 5.73 Å². The van der Waals surface area contributed by atoms with E-state index in [9.17, 15) is 8.42 Å². The second-order valence-electron chi connectivity index (χ2n) is 3.65. The van der Waals surface area contributed by atoms with Crippen molar-refractivity contribution in [1.29, 1.82) is 0 Å². The Hall–Kier alpha value is -1.95. The zero-order chi connectivity index (χ0) is 12.5. The van der Waals surface area contributed by atoms with Gasteiger partial charge in [-0.25, -0.2) is 8.42 Å². The summed E-state index contributed by atoms with van der Waals surface area (Å²) in [5, 5.41) is 7.40. The summed E-state index contributed by atoms with van der Waals surface area (Å²) in [6.45, 7) is 0. The zero-order valence-corrected chi connectivity index (χ0v) is 9.98. The number of hydrogen-bond acceptors (Lipinski definition) is 5. The average molecular weight is 249 g/mol. The van der Waals surface area contributed by atoms with Gasteiger partial charge in [0.05, 0.1) is 23.0 Å². The fourth-order valence-electron chi connectivity index (χ4n) is 1.45. The van der Waals surface area contributed by atoms with E-state index in [1.54, 1.807) is 30.5 Å². The van der Waals surface area contributed by atoms with Gasteiger partial charge in [0.15, 0.2) is 9.84 Å². The maximum absolute atomic E-state index is 11.3. The molecule has 6 heteroatoms. The number of anilines is 1. The highest BCUT2D eigenvalue weighted by Crippen LogP contribution is 2.24. The Morgan fingerprint density at radius 3 is 2.18 bits per heavy atom. The second-order valence-corrected chi connectivity index (χ2v) is 5.67. The highest BCUT2D eigenvalue weighted by Gasteiger charge is 2.08. The summed E-state index contributed by atoms with van der Waals surface area (Å²) in [6.07, 6.45) is 4.18. The molecule has 1 aromatic carbocycles. The van der Waals surface area contributed by atoms with E-state index < -0.39 is 9.84 Å². The summed E-state index contributed by atoms with van der Waals surface area (Å²) in [5.41, 5.74) is 7.81. The van der Waals surface area contributed by atoms with Gasteiger partial charge in [-0.3, -0.25) is 0 Å². The Balaban J connectivity index is 2.47. The van der Waals surface area contributed by atoms with Crippen molar-refractivity contribution in [2.75, 3.05) is 12.0 Å². The Bertz CT molecular complexity index is 636. The van der Waals surface area contributed by atoms with Gasteiger partial charge in [-0.15, -0.1) is 0 Å². The van der Waals surface area contributed by atoms with Crippen LogP contribution in [0.3, 0.4) is 0 Å². The molecule has 2 aromatic rings. The van der Waals surface area contributed by atoms with E-state index in [-0.39, 0.29) is 4.90 Å². The lowest BCUT2D eigenvalue weighted by atomic mass is 10.1. The molecule has 2 N–H and O–H groups in total. The number of nitrogens with two attached hydrogens (primary N) is 1. The molecular formula is C11H11N3O2S. The Kier molecular flexibility index (Phi) is 2.81. The largest absolute Gasteiger partial charge is 0.397 e. The molecule has 0 unspecified atom stereocenters. The van der Waals surface area contributed by atoms with Crippen LogP contribution in [0, 0.1) is 0 Å². The van der Waals surface area contributed by atoms with Crippen LogP contribution in [0.5, 0.6) is 0 Å². The van der Waals surface area contributed by atoms with Crippen molar-refractivity contribution in [1.82, 2.24) is 10.2 Å². The molecule has 0 bridgehead atoms. The molecule has 0 atom stereocenters. The van der Waals surface area contributed by atoms with Crippen molar-refractivity contribution in [3.63, 3.8) is 0 Å². The molecule has 0 aliphatic carbocycles. The second kappa shape index (κ2) is 4.14. The number of rotatable bonds is 2. The molecule has 0 amide bonds. The summed E-state index contributed by atoms with van der Waals surface area (Å²) in [7, 11) is -3.17. The first-order valence-electron chi connectivity index (χ1n) is 4.85. The van der Waals surface area contributed by atoms with Crippen LogP contribution in [0.1, 0.15) is 0 Å². The molecule has 0 aliphatic rings. The normalized spacial score (nSPS) is 11.4. The lowest BCUT2D eigenvalue weighted by Crippen LogP contribution is -1.97. The Morgan fingerprint density at radius 1 is 1.06 bits per heavy atom. The van der Waals surface area contributed by atoms with E-state index in [1.807, 2.05) is 0 Å². The van der Waals surface area contributed by atoms with Gasteiger partial charge in [-0.1, -0.05) is 12.1 Å². The zero-order valence-electron chi connectivity index (χ0n) is 9.16. The monoisotopic (exact) mass is 249 g/mol. The maximum atomic E-state index is 11.3. The molecule has 0 spiro atoms. The fourth-order valence-corrected chi connectivity index (χ4v) is 2.08. The summed E-state index contributed by atoms with van der Waals surface area (Å²) >= 11 is 0. The number of aromatic nitrogens is 2. The molecule has 1 heterocycles. The fraction of sp³-hybridized carbons (Fsp3) is 0.0909. The van der Waals surface area contributed by atoms with E-state index in [0.717, 1.165) is 11.1 Å². The van der Waals surface area contributed by atoms with Gasteiger partial charge >= 0.3 is 0 Å². The number of hydrogen-bond donors (Lipinski definition) is 1. The van der Waals surface area contributed by atoms with E-state index in [1.165, 1.54) is 12.5 Å². The first kappa shape index (κ1) is 11.5. The molecule has 17 heavy (non-hydrogen) atoms. The molecule has 0 aliphatic heterocycles. The molecule has 88 valence electrons. The molecule has 0 fully saturated rings. The highest BCUT2D eigenvalue weighted by atomic mass is 32.2. The smallest absolute Gasteiger partial charge is 0.175 e. The lowest BCUT2D eigenvalue weighted by molar-refractivity contribution is 0.602. The van der Waals surface area contributed by atoms with E-state index in [2.05, 4.69) is 10.2 Å². The predicted octanol–water partition coefficient (Wildman–Crippen LogP) is 1.13. The highest BCUT2D eigenvalue weighted by molar-refractivity contribution is 7.90. The van der Waals surface area contributed by atoms with E-state index in [4.69, 9.17) is 5.73 Å². The molecule has 5 nitrogen and oxygen atoms in total. The standard InChI is InChI=1S/C11H11N3O2S/c1-17(15,16)9-4-2-8(3-5-9)10-6-13-14-7-11(10)12/h2-7H,1H3,(H2,12,13). The Morgan fingerprint density at radius 2 is 1.65 bits per heavy atom. The third-order valence-corrected chi connectivity index (χ3v) is 3.48. The lowest BCUT2D eigenvalue weighted by Gasteiger charge is -2.05. The van der Waals surface area contributed by atoms with Crippen LogP contribution in [0.15, 0.2) is 41.6 Å². The first-order valence-corrected chi connectivity index (χ1v) is 6.74. The van der Waals surface area contributed by atoms with Crippen molar-refractivity contribution in [3.05, 3.63) is 36.7 Å². The van der Waals surface area contributed by atoms with Crippen LogP contribution in [-0.4, -0.2) is 24.9 Å². The van der Waals surface area contributed by atoms with Gasteiger partial charge in [-0.05, 0) is 17.7 Å². The van der Waals surface area contributed by atoms with Gasteiger partial charge in [0, 0.05) is 11.8 Å². The summed E-state index contributed by atoms with van der Waals surface area (Å²) in [4.78, 5) is 0.279. The minimum Gasteiger partial charge on any atom is -0.397 e. The van der Waals surface area contributed by atoms with Crippen LogP contribution in [0.25, 0.3) is 11.1 Å². The van der Waals surface area contributed by atoms with Gasteiger partial charge in [-0.2, -0.15) is 10.2 Å². The Labute approximate surface area is 99.2 Å². The molecule has 0 saturated heterocycles. The number of nitrogens with zero attached hydrogens (tertiary/aromatic N) is 2. The number of sulfone groups is 1. The van der Waals surface area contributed by atoms with Crippen LogP contribution in [-0.2, 0) is 9.84 Å². The first-order chi connectivity index (χ1) is 7.98. The summed E-state index contributed by atoms with van der Waals surface area (Å²) < 4.78 is 22.6. The van der Waals surface area contributed by atoms with E-state index in [0.29, 0.717) is 5.69 Å². The maximum Gasteiger partial charge on any atom is 0.175 e. The molecule has 0 saturated carbocycles. The average Bonchev–Trinajstić information content (AvgIpc) is 2.29. The van der Waals surface area contributed by atoms with Gasteiger partial charge in [0.25, 0.3) is 0 Å². The number of nitrogen functional groups attached to an aromatic ring is 1. The van der Waals surface area contributed by atoms with Crippen LogP contribution in [0.4, 0.5) is 5.69 Å². The van der Waals surface area contributed by atoms with Crippen molar-refractivity contribution < 1.29 is 8.42 Å². The van der Waals surface area contributed by atoms with Crippen molar-refractivity contribution in [3.8, 4) is 11.1 Å². The van der Waals surface area contributed by atoms with Crippen LogP contribution >= 0.6 is 0 Å². The van der Waals surface area contributed by atoms with Crippen molar-refractivity contribution in [2.24, 2.45) is 0 Å². The van der Waals surface area contributed by atoms with Crippen LogP contribution in [0.2, 0.25) is 0 Å². The minimum atomic E-state index is -3.17. The van der Waals surface area contributed by atoms with Gasteiger partial charge in [0.1, 0.15) is 0 Å². The third kappa shape index (κ3) is 2.42. The SMILES string of the molecule is CS(=O)(=O)c1ccc(-c2cnncc2N)cc1. The van der Waals surface area contributed by atoms with Gasteiger partial charge < -0.3 is 5.73 Å². The summed E-state index contributed by atoms with van der Waals surface area (Å²) in [5.74, 6) is 0. The minimum absolute atomic E-state index is 0.279. The van der Waals surface area contributed by atoms with Gasteiger partial charge in [0.2, 0.25) is 0 Å². The third-order valence-electron chi connectivity index (χ3n) is 2.35. The predicted molar refractivity (Wildman–Crippen MR) is 65.0 cm³/mol. The topological polar surface area (TPSA) is 85.9 Å². The summed E-state index contributed by atoms with van der Waals surface area (Å²) in [6, 6.07) is 6.49. The van der Waals surface area contributed by atoms with Crippen molar-refractivity contribution >= 4 is 15.5 Å². The molecule has 1 aromatic heterocycles. The quantitative estimate of drug-likeness (QED) is 0.862. The van der Waals surface area contributed by atoms with E-state index >= 15 is 0 Å². The molecule has 2 rings (SSSR count). The molecule has 0 radical (unpaired) electrons. The van der Waals surface area contributed by atoms with Crippen molar-refractivity contribution in [2.45, 2.75) is 4.90 Å². The molecular weight excluding hydrogens is 238 g/mol.